The molecule has 1 aliphatic rings. The van der Waals surface area contributed by atoms with E-state index in [1.165, 1.54) is 12.1 Å². The van der Waals surface area contributed by atoms with Gasteiger partial charge in [0.25, 0.3) is 5.69 Å². The van der Waals surface area contributed by atoms with Crippen LogP contribution in [-0.2, 0) is 0 Å². The van der Waals surface area contributed by atoms with Gasteiger partial charge in [0.2, 0.25) is 0 Å². The lowest BCUT2D eigenvalue weighted by Crippen LogP contribution is -2.49. The van der Waals surface area contributed by atoms with E-state index in [1.807, 2.05) is 0 Å². The molecule has 1 aromatic carbocycles. The number of carbonyl (C=O) groups excluding carboxylic acids is 1. The van der Waals surface area contributed by atoms with Crippen molar-refractivity contribution in [3.63, 3.8) is 0 Å². The smallest absolute Gasteiger partial charge is 0.270 e. The van der Waals surface area contributed by atoms with Crippen LogP contribution in [0.5, 0.6) is 0 Å². The van der Waals surface area contributed by atoms with Gasteiger partial charge in [0.1, 0.15) is 0 Å². The molecule has 1 saturated heterocycles. The average molecular weight is 277 g/mol. The number of aldehydes is 1. The summed E-state index contributed by atoms with van der Waals surface area (Å²) in [7, 11) is 0. The van der Waals surface area contributed by atoms with Crippen molar-refractivity contribution >= 4 is 17.7 Å². The van der Waals surface area contributed by atoms with E-state index in [0.717, 1.165) is 31.9 Å². The number of non-ortho nitro benzene ring substituents is 1. The molecule has 6 nitrogen and oxygen atoms in total. The summed E-state index contributed by atoms with van der Waals surface area (Å²) in [6, 6.07) is 4.99. The van der Waals surface area contributed by atoms with Crippen LogP contribution in [0.2, 0.25) is 0 Å². The summed E-state index contributed by atoms with van der Waals surface area (Å²) < 4.78 is 0. The van der Waals surface area contributed by atoms with Crippen molar-refractivity contribution in [3.05, 3.63) is 33.9 Å². The van der Waals surface area contributed by atoms with Gasteiger partial charge in [-0.25, -0.2) is 0 Å². The monoisotopic (exact) mass is 277 g/mol. The first-order valence-corrected chi connectivity index (χ1v) is 6.75. The molecule has 0 aliphatic carbocycles. The number of piperazine rings is 1. The van der Waals surface area contributed by atoms with Crippen molar-refractivity contribution in [1.82, 2.24) is 4.90 Å². The van der Waals surface area contributed by atoms with Gasteiger partial charge >= 0.3 is 0 Å². The molecule has 0 amide bonds. The fourth-order valence-electron chi connectivity index (χ4n) is 2.52. The van der Waals surface area contributed by atoms with E-state index in [0.29, 0.717) is 17.9 Å². The Bertz CT molecular complexity index is 508. The SMILES string of the molecule is CC(C)N1CCN(c2ccc([N+](=O)[O-])cc2C=O)CC1. The van der Waals surface area contributed by atoms with E-state index >= 15 is 0 Å². The minimum atomic E-state index is -0.479. The zero-order valence-electron chi connectivity index (χ0n) is 11.8. The minimum Gasteiger partial charge on any atom is -0.368 e. The minimum absolute atomic E-state index is 0.0448. The largest absolute Gasteiger partial charge is 0.368 e. The zero-order valence-corrected chi connectivity index (χ0v) is 11.8. The first-order chi connectivity index (χ1) is 9.52. The summed E-state index contributed by atoms with van der Waals surface area (Å²) in [4.78, 5) is 25.9. The molecular weight excluding hydrogens is 258 g/mol. The topological polar surface area (TPSA) is 66.7 Å². The Morgan fingerprint density at radius 2 is 1.90 bits per heavy atom. The lowest BCUT2D eigenvalue weighted by molar-refractivity contribution is -0.384. The van der Waals surface area contributed by atoms with Crippen LogP contribution in [0, 0.1) is 10.1 Å². The standard InChI is InChI=1S/C14H19N3O3/c1-11(2)15-5-7-16(8-6-15)14-4-3-13(17(19)20)9-12(14)10-18/h3-4,9-11H,5-8H2,1-2H3. The maximum absolute atomic E-state index is 11.2. The summed E-state index contributed by atoms with van der Waals surface area (Å²) in [6.45, 7) is 7.87. The summed E-state index contributed by atoms with van der Waals surface area (Å²) in [5.74, 6) is 0. The van der Waals surface area contributed by atoms with E-state index in [1.54, 1.807) is 6.07 Å². The van der Waals surface area contributed by atoms with Crippen molar-refractivity contribution in [3.8, 4) is 0 Å². The molecule has 0 radical (unpaired) electrons. The Hall–Kier alpha value is -1.95. The van der Waals surface area contributed by atoms with Crippen molar-refractivity contribution in [2.75, 3.05) is 31.1 Å². The fourth-order valence-corrected chi connectivity index (χ4v) is 2.52. The van der Waals surface area contributed by atoms with E-state index in [2.05, 4.69) is 23.6 Å². The van der Waals surface area contributed by atoms with Crippen LogP contribution in [0.25, 0.3) is 0 Å². The van der Waals surface area contributed by atoms with Gasteiger partial charge in [-0.05, 0) is 19.9 Å². The van der Waals surface area contributed by atoms with E-state index in [9.17, 15) is 14.9 Å². The number of hydrogen-bond donors (Lipinski definition) is 0. The number of anilines is 1. The fraction of sp³-hybridized carbons (Fsp3) is 0.500. The molecule has 0 saturated carbocycles. The maximum Gasteiger partial charge on any atom is 0.270 e. The third kappa shape index (κ3) is 2.96. The molecule has 1 aromatic rings. The number of nitro groups is 1. The zero-order chi connectivity index (χ0) is 14.7. The Labute approximate surface area is 118 Å². The lowest BCUT2D eigenvalue weighted by atomic mass is 10.1. The molecule has 0 N–H and O–H groups in total. The molecule has 6 heteroatoms. The van der Waals surface area contributed by atoms with Crippen LogP contribution in [0.15, 0.2) is 18.2 Å². The molecule has 108 valence electrons. The van der Waals surface area contributed by atoms with Gasteiger partial charge < -0.3 is 4.90 Å². The molecular formula is C14H19N3O3. The van der Waals surface area contributed by atoms with Crippen molar-refractivity contribution in [2.24, 2.45) is 0 Å². The second kappa shape index (κ2) is 6.00. The molecule has 0 aromatic heterocycles. The lowest BCUT2D eigenvalue weighted by Gasteiger charge is -2.38. The van der Waals surface area contributed by atoms with Crippen LogP contribution in [0.1, 0.15) is 24.2 Å². The van der Waals surface area contributed by atoms with Gasteiger partial charge in [0.05, 0.1) is 4.92 Å². The van der Waals surface area contributed by atoms with Crippen LogP contribution in [-0.4, -0.2) is 48.3 Å². The van der Waals surface area contributed by atoms with Crippen LogP contribution < -0.4 is 4.90 Å². The first kappa shape index (κ1) is 14.5. The average Bonchev–Trinajstić information content (AvgIpc) is 2.46. The van der Waals surface area contributed by atoms with Crippen LogP contribution in [0.4, 0.5) is 11.4 Å². The third-order valence-electron chi connectivity index (χ3n) is 3.73. The van der Waals surface area contributed by atoms with Gasteiger partial charge in [-0.1, -0.05) is 0 Å². The number of rotatable bonds is 4. The summed E-state index contributed by atoms with van der Waals surface area (Å²) >= 11 is 0. The van der Waals surface area contributed by atoms with Crippen molar-refractivity contribution in [2.45, 2.75) is 19.9 Å². The number of hydrogen-bond acceptors (Lipinski definition) is 5. The molecule has 0 atom stereocenters. The number of nitrogens with zero attached hydrogens (tertiary/aromatic N) is 3. The molecule has 2 rings (SSSR count). The highest BCUT2D eigenvalue weighted by molar-refractivity contribution is 5.86. The number of carbonyl (C=O) groups is 1. The normalized spacial score (nSPS) is 16.4. The first-order valence-electron chi connectivity index (χ1n) is 6.75. The Kier molecular flexibility index (Phi) is 4.34. The highest BCUT2D eigenvalue weighted by Gasteiger charge is 2.21. The molecule has 20 heavy (non-hydrogen) atoms. The molecule has 1 heterocycles. The Morgan fingerprint density at radius 1 is 1.25 bits per heavy atom. The highest BCUT2D eigenvalue weighted by atomic mass is 16.6. The van der Waals surface area contributed by atoms with Crippen LogP contribution >= 0.6 is 0 Å². The highest BCUT2D eigenvalue weighted by Crippen LogP contribution is 2.25. The van der Waals surface area contributed by atoms with Gasteiger partial charge in [0.15, 0.2) is 6.29 Å². The van der Waals surface area contributed by atoms with Crippen molar-refractivity contribution in [1.29, 1.82) is 0 Å². The van der Waals surface area contributed by atoms with Gasteiger partial charge in [-0.15, -0.1) is 0 Å². The molecule has 1 aliphatic heterocycles. The second-order valence-electron chi connectivity index (χ2n) is 5.23. The van der Waals surface area contributed by atoms with Gasteiger partial charge in [0, 0.05) is 55.6 Å². The van der Waals surface area contributed by atoms with Crippen LogP contribution in [0.3, 0.4) is 0 Å². The summed E-state index contributed by atoms with van der Waals surface area (Å²) in [5.41, 5.74) is 1.13. The van der Waals surface area contributed by atoms with Gasteiger partial charge in [-0.2, -0.15) is 0 Å². The second-order valence-corrected chi connectivity index (χ2v) is 5.23. The van der Waals surface area contributed by atoms with Gasteiger partial charge in [-0.3, -0.25) is 19.8 Å². The summed E-state index contributed by atoms with van der Waals surface area (Å²) in [6.07, 6.45) is 0.692. The Balaban J connectivity index is 2.17. The molecule has 0 spiro atoms. The maximum atomic E-state index is 11.2. The number of benzene rings is 1. The predicted octanol–water partition coefficient (Wildman–Crippen LogP) is 1.94. The molecule has 0 unspecified atom stereocenters. The predicted molar refractivity (Wildman–Crippen MR) is 77.4 cm³/mol. The van der Waals surface area contributed by atoms with E-state index in [-0.39, 0.29) is 5.69 Å². The Morgan fingerprint density at radius 3 is 2.40 bits per heavy atom. The molecule has 1 fully saturated rings. The number of nitro benzene ring substituents is 1. The molecule has 0 bridgehead atoms. The van der Waals surface area contributed by atoms with Crippen molar-refractivity contribution < 1.29 is 9.72 Å². The quantitative estimate of drug-likeness (QED) is 0.478. The summed E-state index contributed by atoms with van der Waals surface area (Å²) in [5, 5.41) is 10.7. The third-order valence-corrected chi connectivity index (χ3v) is 3.73. The van der Waals surface area contributed by atoms with E-state index < -0.39 is 4.92 Å². The van der Waals surface area contributed by atoms with E-state index in [4.69, 9.17) is 0 Å².